The highest BCUT2D eigenvalue weighted by atomic mass is 32.2. The molecule has 0 N–H and O–H groups in total. The fourth-order valence-corrected chi connectivity index (χ4v) is 4.20. The summed E-state index contributed by atoms with van der Waals surface area (Å²) in [5, 5.41) is 0. The summed E-state index contributed by atoms with van der Waals surface area (Å²) in [6, 6.07) is 13.8. The van der Waals surface area contributed by atoms with Gasteiger partial charge in [-0.1, -0.05) is 48.0 Å². The summed E-state index contributed by atoms with van der Waals surface area (Å²) in [6.07, 6.45) is 1.20. The minimum absolute atomic E-state index is 0.149. The Kier molecular flexibility index (Phi) is 4.59. The Morgan fingerprint density at radius 1 is 1.08 bits per heavy atom. The topological polar surface area (TPSA) is 76.0 Å². The van der Waals surface area contributed by atoms with E-state index in [1.807, 2.05) is 13.0 Å². The molecule has 0 bridgehead atoms. The number of hydrogen-bond acceptors (Lipinski definition) is 5. The van der Waals surface area contributed by atoms with E-state index in [1.165, 1.54) is 13.4 Å². The first-order valence-corrected chi connectivity index (χ1v) is 9.15. The first kappa shape index (κ1) is 17.2. The van der Waals surface area contributed by atoms with Crippen LogP contribution in [0, 0.1) is 6.92 Å². The maximum atomic E-state index is 13.1. The zero-order valence-corrected chi connectivity index (χ0v) is 14.7. The van der Waals surface area contributed by atoms with Crippen LogP contribution < -0.4 is 0 Å². The summed E-state index contributed by atoms with van der Waals surface area (Å²) in [4.78, 5) is 16.3. The van der Waals surface area contributed by atoms with Crippen LogP contribution in [-0.2, 0) is 19.6 Å². The Labute approximate surface area is 146 Å². The fourth-order valence-electron chi connectivity index (χ4n) is 2.76. The van der Waals surface area contributed by atoms with Crippen LogP contribution in [-0.4, -0.2) is 38.2 Å². The van der Waals surface area contributed by atoms with E-state index in [0.29, 0.717) is 5.56 Å². The molecule has 2 atom stereocenters. The molecule has 3 rings (SSSR count). The van der Waals surface area contributed by atoms with Gasteiger partial charge in [0.05, 0.1) is 12.0 Å². The number of ether oxygens (including phenoxy) is 1. The molecule has 130 valence electrons. The molecule has 0 spiro atoms. The minimum atomic E-state index is -3.85. The van der Waals surface area contributed by atoms with Gasteiger partial charge >= 0.3 is 5.97 Å². The summed E-state index contributed by atoms with van der Waals surface area (Å²) in [5.41, 5.74) is 1.63. The molecule has 0 saturated heterocycles. The van der Waals surface area contributed by atoms with Crippen molar-refractivity contribution < 1.29 is 17.9 Å². The average molecular weight is 358 g/mol. The summed E-state index contributed by atoms with van der Waals surface area (Å²) in [6.45, 7) is 1.88. The molecule has 1 aliphatic heterocycles. The van der Waals surface area contributed by atoms with Gasteiger partial charge in [-0.25, -0.2) is 17.5 Å². The predicted octanol–water partition coefficient (Wildman–Crippen LogP) is 2.31. The monoisotopic (exact) mass is 358 g/mol. The second kappa shape index (κ2) is 6.68. The van der Waals surface area contributed by atoms with Gasteiger partial charge in [0.1, 0.15) is 12.4 Å². The molecule has 0 aliphatic carbocycles. The molecule has 0 saturated carbocycles. The quantitative estimate of drug-likeness (QED) is 0.786. The highest BCUT2D eigenvalue weighted by Crippen LogP contribution is 2.35. The number of esters is 1. The SMILES string of the molecule is COC(=O)[C@H]1N=CN(S(=O)(=O)c2ccc(C)cc2)[C@H]1c1ccccc1. The third kappa shape index (κ3) is 3.15. The van der Waals surface area contributed by atoms with Crippen molar-refractivity contribution in [3.05, 3.63) is 65.7 Å². The van der Waals surface area contributed by atoms with Crippen LogP contribution in [0.4, 0.5) is 0 Å². The molecule has 1 heterocycles. The molecule has 0 fully saturated rings. The van der Waals surface area contributed by atoms with Crippen molar-refractivity contribution >= 4 is 22.3 Å². The van der Waals surface area contributed by atoms with E-state index in [2.05, 4.69) is 4.99 Å². The Bertz CT molecular complexity index is 892. The standard InChI is InChI=1S/C18H18N2O4S/c1-13-8-10-15(11-9-13)25(22,23)20-12-19-16(18(21)24-2)17(20)14-6-4-3-5-7-14/h3-12,16-17H,1-2H3/t16-,17-/m0/s1. The lowest BCUT2D eigenvalue weighted by Gasteiger charge is -2.27. The smallest absolute Gasteiger partial charge is 0.333 e. The van der Waals surface area contributed by atoms with Crippen LogP contribution >= 0.6 is 0 Å². The number of hydrogen-bond donors (Lipinski definition) is 0. The number of nitrogens with zero attached hydrogens (tertiary/aromatic N) is 2. The summed E-state index contributed by atoms with van der Waals surface area (Å²) in [5.74, 6) is -0.577. The Hall–Kier alpha value is -2.67. The molecule has 2 aromatic rings. The Balaban J connectivity index is 2.06. The van der Waals surface area contributed by atoms with E-state index in [4.69, 9.17) is 4.74 Å². The van der Waals surface area contributed by atoms with Crippen LogP contribution in [0.15, 0.2) is 64.5 Å². The van der Waals surface area contributed by atoms with Crippen molar-refractivity contribution in [2.24, 2.45) is 4.99 Å². The first-order chi connectivity index (χ1) is 11.9. The summed E-state index contributed by atoms with van der Waals surface area (Å²) in [7, 11) is -2.59. The molecular formula is C18H18N2O4S. The van der Waals surface area contributed by atoms with Gasteiger partial charge in [-0.2, -0.15) is 0 Å². The minimum Gasteiger partial charge on any atom is -0.467 e. The highest BCUT2D eigenvalue weighted by Gasteiger charge is 2.43. The lowest BCUT2D eigenvalue weighted by atomic mass is 10.0. The van der Waals surface area contributed by atoms with Crippen LogP contribution in [0.25, 0.3) is 0 Å². The number of carbonyl (C=O) groups is 1. The molecule has 7 heteroatoms. The molecule has 2 aromatic carbocycles. The third-order valence-electron chi connectivity index (χ3n) is 4.09. The van der Waals surface area contributed by atoms with E-state index in [1.54, 1.807) is 48.5 Å². The molecular weight excluding hydrogens is 340 g/mol. The number of sulfonamides is 1. The van der Waals surface area contributed by atoms with Crippen LogP contribution in [0.5, 0.6) is 0 Å². The van der Waals surface area contributed by atoms with Gasteiger partial charge < -0.3 is 4.74 Å². The third-order valence-corrected chi connectivity index (χ3v) is 5.84. The van der Waals surface area contributed by atoms with Crippen LogP contribution in [0.2, 0.25) is 0 Å². The maximum absolute atomic E-state index is 13.1. The van der Waals surface area contributed by atoms with Gasteiger partial charge in [0.2, 0.25) is 0 Å². The van der Waals surface area contributed by atoms with Crippen molar-refractivity contribution in [2.45, 2.75) is 23.9 Å². The van der Waals surface area contributed by atoms with Gasteiger partial charge in [-0.3, -0.25) is 4.99 Å². The molecule has 1 aliphatic rings. The van der Waals surface area contributed by atoms with Crippen molar-refractivity contribution in [3.8, 4) is 0 Å². The second-order valence-electron chi connectivity index (χ2n) is 5.74. The van der Waals surface area contributed by atoms with Crippen LogP contribution in [0.1, 0.15) is 17.2 Å². The number of benzene rings is 2. The number of aliphatic imine (C=N–C) groups is 1. The summed E-state index contributed by atoms with van der Waals surface area (Å²) < 4.78 is 32.1. The predicted molar refractivity (Wildman–Crippen MR) is 93.7 cm³/mol. The van der Waals surface area contributed by atoms with E-state index in [-0.39, 0.29) is 4.90 Å². The average Bonchev–Trinajstić information content (AvgIpc) is 3.08. The molecule has 25 heavy (non-hydrogen) atoms. The van der Waals surface area contributed by atoms with E-state index >= 15 is 0 Å². The van der Waals surface area contributed by atoms with E-state index < -0.39 is 28.1 Å². The first-order valence-electron chi connectivity index (χ1n) is 7.71. The number of aryl methyl sites for hydroxylation is 1. The van der Waals surface area contributed by atoms with Crippen molar-refractivity contribution in [1.29, 1.82) is 0 Å². The Morgan fingerprint density at radius 3 is 2.32 bits per heavy atom. The van der Waals surface area contributed by atoms with Gasteiger partial charge in [0.25, 0.3) is 10.0 Å². The second-order valence-corrected chi connectivity index (χ2v) is 7.58. The van der Waals surface area contributed by atoms with Crippen molar-refractivity contribution in [1.82, 2.24) is 4.31 Å². The molecule has 6 nitrogen and oxygen atoms in total. The number of rotatable bonds is 4. The van der Waals surface area contributed by atoms with Crippen LogP contribution in [0.3, 0.4) is 0 Å². The zero-order chi connectivity index (χ0) is 18.0. The number of carbonyl (C=O) groups excluding carboxylic acids is 1. The lowest BCUT2D eigenvalue weighted by molar-refractivity contribution is -0.142. The van der Waals surface area contributed by atoms with Gasteiger partial charge in [0.15, 0.2) is 6.04 Å². The van der Waals surface area contributed by atoms with Crippen molar-refractivity contribution in [2.75, 3.05) is 7.11 Å². The zero-order valence-electron chi connectivity index (χ0n) is 13.9. The van der Waals surface area contributed by atoms with Crippen molar-refractivity contribution in [3.63, 3.8) is 0 Å². The molecule has 0 amide bonds. The molecule has 0 radical (unpaired) electrons. The maximum Gasteiger partial charge on any atom is 0.333 e. The van der Waals surface area contributed by atoms with Gasteiger partial charge in [-0.05, 0) is 24.6 Å². The highest BCUT2D eigenvalue weighted by molar-refractivity contribution is 7.89. The lowest BCUT2D eigenvalue weighted by Crippen LogP contribution is -2.37. The number of methoxy groups -OCH3 is 1. The van der Waals surface area contributed by atoms with E-state index in [0.717, 1.165) is 9.87 Å². The Morgan fingerprint density at radius 2 is 1.72 bits per heavy atom. The van der Waals surface area contributed by atoms with Gasteiger partial charge in [-0.15, -0.1) is 0 Å². The fraction of sp³-hybridized carbons (Fsp3) is 0.222. The summed E-state index contributed by atoms with van der Waals surface area (Å²) >= 11 is 0. The molecule has 0 unspecified atom stereocenters. The van der Waals surface area contributed by atoms with E-state index in [9.17, 15) is 13.2 Å². The normalized spacial score (nSPS) is 19.8. The molecule has 0 aromatic heterocycles. The largest absolute Gasteiger partial charge is 0.467 e. The van der Waals surface area contributed by atoms with Gasteiger partial charge in [0, 0.05) is 0 Å².